The normalized spacial score (nSPS) is 20.1. The molecule has 1 spiro atoms. The number of carbonyl (C=O) groups is 2. The van der Waals surface area contributed by atoms with Crippen molar-refractivity contribution < 1.29 is 9.59 Å². The molecule has 1 saturated carbocycles. The molecule has 1 aliphatic carbocycles. The van der Waals surface area contributed by atoms with E-state index in [0.29, 0.717) is 17.0 Å². The average Bonchev–Trinajstić information content (AvgIpc) is 2.54. The minimum absolute atomic E-state index is 0.0737. The Bertz CT molecular complexity index is 680. The number of anilines is 1. The standard InChI is InChI=1S/C21H30ClN3O2/c1-20(2,3)24-18(26)12-25-13-21(14-25)10-8-15(9-11-21)19(27)23-17-6-4-16(22)5-7-17/h4-7,15H,8-14H2,1-3H3,(H,23,27)(H,24,26). The van der Waals surface area contributed by atoms with Crippen LogP contribution in [0, 0.1) is 11.3 Å². The summed E-state index contributed by atoms with van der Waals surface area (Å²) in [4.78, 5) is 26.8. The number of carbonyl (C=O) groups excluding carboxylic acids is 2. The minimum atomic E-state index is -0.185. The van der Waals surface area contributed by atoms with Crippen molar-refractivity contribution in [2.75, 3.05) is 25.0 Å². The molecule has 0 bridgehead atoms. The molecule has 2 N–H and O–H groups in total. The van der Waals surface area contributed by atoms with Crippen LogP contribution in [0.3, 0.4) is 0 Å². The highest BCUT2D eigenvalue weighted by Gasteiger charge is 2.46. The summed E-state index contributed by atoms with van der Waals surface area (Å²) in [6.45, 7) is 8.41. The smallest absolute Gasteiger partial charge is 0.234 e. The van der Waals surface area contributed by atoms with E-state index in [1.54, 1.807) is 12.1 Å². The van der Waals surface area contributed by atoms with E-state index in [-0.39, 0.29) is 23.3 Å². The monoisotopic (exact) mass is 391 g/mol. The van der Waals surface area contributed by atoms with Crippen molar-refractivity contribution in [3.63, 3.8) is 0 Å². The predicted molar refractivity (Wildman–Crippen MR) is 109 cm³/mol. The Balaban J connectivity index is 1.41. The number of hydrogen-bond donors (Lipinski definition) is 2. The van der Waals surface area contributed by atoms with E-state index in [2.05, 4.69) is 15.5 Å². The van der Waals surface area contributed by atoms with Gasteiger partial charge in [0.15, 0.2) is 0 Å². The van der Waals surface area contributed by atoms with Crippen LogP contribution < -0.4 is 10.6 Å². The Hall–Kier alpha value is -1.59. The van der Waals surface area contributed by atoms with Crippen molar-refractivity contribution in [2.45, 2.75) is 52.0 Å². The van der Waals surface area contributed by atoms with Gasteiger partial charge in [0.1, 0.15) is 0 Å². The lowest BCUT2D eigenvalue weighted by Crippen LogP contribution is -2.60. The number of halogens is 1. The summed E-state index contributed by atoms with van der Waals surface area (Å²) >= 11 is 5.88. The highest BCUT2D eigenvalue weighted by Crippen LogP contribution is 2.45. The lowest BCUT2D eigenvalue weighted by molar-refractivity contribution is -0.129. The van der Waals surface area contributed by atoms with Gasteiger partial charge in [0.25, 0.3) is 0 Å². The Morgan fingerprint density at radius 3 is 2.30 bits per heavy atom. The first-order valence-corrected chi connectivity index (χ1v) is 10.1. The van der Waals surface area contributed by atoms with Crippen LogP contribution in [0.15, 0.2) is 24.3 Å². The summed E-state index contributed by atoms with van der Waals surface area (Å²) < 4.78 is 0. The molecule has 1 saturated heterocycles. The molecular weight excluding hydrogens is 362 g/mol. The largest absolute Gasteiger partial charge is 0.350 e. The van der Waals surface area contributed by atoms with Crippen LogP contribution >= 0.6 is 11.6 Å². The molecule has 1 aliphatic heterocycles. The van der Waals surface area contributed by atoms with Gasteiger partial charge in [-0.3, -0.25) is 14.5 Å². The van der Waals surface area contributed by atoms with Crippen LogP contribution in [0.1, 0.15) is 46.5 Å². The first kappa shape index (κ1) is 20.2. The molecule has 148 valence electrons. The molecule has 1 aromatic rings. The molecular formula is C21H30ClN3O2. The van der Waals surface area contributed by atoms with E-state index in [1.165, 1.54) is 0 Å². The fourth-order valence-corrected chi connectivity index (χ4v) is 4.39. The Kier molecular flexibility index (Phi) is 5.82. The topological polar surface area (TPSA) is 61.4 Å². The Morgan fingerprint density at radius 2 is 1.74 bits per heavy atom. The molecule has 3 rings (SSSR count). The zero-order valence-electron chi connectivity index (χ0n) is 16.5. The summed E-state index contributed by atoms with van der Waals surface area (Å²) in [5, 5.41) is 6.68. The average molecular weight is 392 g/mol. The van der Waals surface area contributed by atoms with Crippen LogP contribution in [0.25, 0.3) is 0 Å². The van der Waals surface area contributed by atoms with Crippen molar-refractivity contribution in [3.05, 3.63) is 29.3 Å². The summed E-state index contributed by atoms with van der Waals surface area (Å²) in [5.41, 5.74) is 0.915. The molecule has 1 aromatic carbocycles. The lowest BCUT2D eigenvalue weighted by atomic mass is 9.65. The zero-order valence-corrected chi connectivity index (χ0v) is 17.2. The van der Waals surface area contributed by atoms with Crippen molar-refractivity contribution in [3.8, 4) is 0 Å². The van der Waals surface area contributed by atoms with Crippen molar-refractivity contribution in [1.82, 2.24) is 10.2 Å². The van der Waals surface area contributed by atoms with Gasteiger partial charge >= 0.3 is 0 Å². The fraction of sp³-hybridized carbons (Fsp3) is 0.619. The van der Waals surface area contributed by atoms with E-state index in [1.807, 2.05) is 32.9 Å². The van der Waals surface area contributed by atoms with Gasteiger partial charge in [-0.1, -0.05) is 11.6 Å². The summed E-state index contributed by atoms with van der Waals surface area (Å²) in [5.74, 6) is 0.269. The van der Waals surface area contributed by atoms with Crippen LogP contribution in [0.4, 0.5) is 5.69 Å². The van der Waals surface area contributed by atoms with E-state index < -0.39 is 0 Å². The summed E-state index contributed by atoms with van der Waals surface area (Å²) in [6.07, 6.45) is 3.95. The van der Waals surface area contributed by atoms with Gasteiger partial charge in [-0.15, -0.1) is 0 Å². The zero-order chi connectivity index (χ0) is 19.7. The van der Waals surface area contributed by atoms with E-state index in [0.717, 1.165) is 44.5 Å². The molecule has 6 heteroatoms. The number of amides is 2. The maximum absolute atomic E-state index is 12.5. The van der Waals surface area contributed by atoms with E-state index in [4.69, 9.17) is 11.6 Å². The van der Waals surface area contributed by atoms with Crippen molar-refractivity contribution >= 4 is 29.1 Å². The van der Waals surface area contributed by atoms with Crippen LogP contribution in [0.2, 0.25) is 5.02 Å². The molecule has 0 unspecified atom stereocenters. The number of hydrogen-bond acceptors (Lipinski definition) is 3. The molecule has 2 aliphatic rings. The first-order valence-electron chi connectivity index (χ1n) is 9.74. The summed E-state index contributed by atoms with van der Waals surface area (Å²) in [7, 11) is 0. The number of likely N-dealkylation sites (tertiary alicyclic amines) is 1. The van der Waals surface area contributed by atoms with E-state index >= 15 is 0 Å². The summed E-state index contributed by atoms with van der Waals surface area (Å²) in [6, 6.07) is 7.23. The predicted octanol–water partition coefficient (Wildman–Crippen LogP) is 3.69. The highest BCUT2D eigenvalue weighted by atomic mass is 35.5. The van der Waals surface area contributed by atoms with Gasteiger partial charge in [-0.25, -0.2) is 0 Å². The third kappa shape index (κ3) is 5.45. The Morgan fingerprint density at radius 1 is 1.15 bits per heavy atom. The van der Waals surface area contributed by atoms with Crippen molar-refractivity contribution in [2.24, 2.45) is 11.3 Å². The fourth-order valence-electron chi connectivity index (χ4n) is 4.26. The SMILES string of the molecule is CC(C)(C)NC(=O)CN1CC2(CCC(C(=O)Nc3ccc(Cl)cc3)CC2)C1. The van der Waals surface area contributed by atoms with Crippen LogP contribution in [-0.2, 0) is 9.59 Å². The van der Waals surface area contributed by atoms with E-state index in [9.17, 15) is 9.59 Å². The number of rotatable bonds is 4. The van der Waals surface area contributed by atoms with Gasteiger partial charge in [0.2, 0.25) is 11.8 Å². The van der Waals surface area contributed by atoms with Crippen LogP contribution in [-0.4, -0.2) is 41.9 Å². The third-order valence-corrected chi connectivity index (χ3v) is 5.78. The highest BCUT2D eigenvalue weighted by molar-refractivity contribution is 6.30. The molecule has 2 amide bonds. The minimum Gasteiger partial charge on any atom is -0.350 e. The van der Waals surface area contributed by atoms with Gasteiger partial charge < -0.3 is 10.6 Å². The van der Waals surface area contributed by atoms with Crippen molar-refractivity contribution in [1.29, 1.82) is 0 Å². The van der Waals surface area contributed by atoms with Gasteiger partial charge in [-0.05, 0) is 76.1 Å². The number of benzene rings is 1. The lowest BCUT2D eigenvalue weighted by Gasteiger charge is -2.53. The second-order valence-electron chi connectivity index (χ2n) is 9.21. The quantitative estimate of drug-likeness (QED) is 0.822. The number of nitrogens with zero attached hydrogens (tertiary/aromatic N) is 1. The molecule has 0 radical (unpaired) electrons. The second kappa shape index (κ2) is 7.80. The molecule has 2 fully saturated rings. The van der Waals surface area contributed by atoms with Gasteiger partial charge in [-0.2, -0.15) is 0 Å². The van der Waals surface area contributed by atoms with Gasteiger partial charge in [0, 0.05) is 35.3 Å². The molecule has 5 nitrogen and oxygen atoms in total. The maximum atomic E-state index is 12.5. The molecule has 0 atom stereocenters. The van der Waals surface area contributed by atoms with Crippen LogP contribution in [0.5, 0.6) is 0 Å². The van der Waals surface area contributed by atoms with Gasteiger partial charge in [0.05, 0.1) is 6.54 Å². The first-order chi connectivity index (χ1) is 12.6. The molecule has 0 aromatic heterocycles. The molecule has 1 heterocycles. The Labute approximate surface area is 166 Å². The second-order valence-corrected chi connectivity index (χ2v) is 9.65. The maximum Gasteiger partial charge on any atom is 0.234 e. The third-order valence-electron chi connectivity index (χ3n) is 5.53. The molecule has 27 heavy (non-hydrogen) atoms. The number of nitrogens with one attached hydrogen (secondary N) is 2.